The second-order valence-electron chi connectivity index (χ2n) is 8.58. The Bertz CT molecular complexity index is 1050. The molecule has 2 nitrogen and oxygen atoms in total. The third kappa shape index (κ3) is 19.0. The Labute approximate surface area is 256 Å². The van der Waals surface area contributed by atoms with Gasteiger partial charge in [0.25, 0.3) is 0 Å². The average Bonchev–Trinajstić information content (AvgIpc) is 3.57. The van der Waals surface area contributed by atoms with Gasteiger partial charge in [-0.25, -0.2) is 0 Å². The van der Waals surface area contributed by atoms with Gasteiger partial charge in [-0.05, 0) is 35.8 Å². The molecule has 0 bridgehead atoms. The van der Waals surface area contributed by atoms with Crippen LogP contribution in [0.3, 0.4) is 0 Å². The smallest absolute Gasteiger partial charge is 0.577 e. The van der Waals surface area contributed by atoms with Crippen LogP contribution in [0.5, 0.6) is 0 Å². The van der Waals surface area contributed by atoms with E-state index >= 15 is 0 Å². The molecule has 0 heterocycles. The molecule has 1 fully saturated rings. The van der Waals surface area contributed by atoms with Gasteiger partial charge in [0, 0.05) is 20.4 Å². The Hall–Kier alpha value is -2.90. The first-order valence-corrected chi connectivity index (χ1v) is 14.4. The Morgan fingerprint density at radius 3 is 1.07 bits per heavy atom. The molecule has 219 valence electrons. The molecule has 0 aliphatic heterocycles. The molecule has 0 N–H and O–H groups in total. The van der Waals surface area contributed by atoms with Gasteiger partial charge in [0.15, 0.2) is 0 Å². The number of allylic oxidation sites excluding steroid dienone is 1. The van der Waals surface area contributed by atoms with Crippen LogP contribution >= 0.6 is 7.92 Å². The first-order chi connectivity index (χ1) is 19.4. The number of nitroso groups, excluding NO2 is 1. The fourth-order valence-electron chi connectivity index (χ4n) is 3.84. The van der Waals surface area contributed by atoms with E-state index in [0.717, 1.165) is 6.42 Å². The van der Waals surface area contributed by atoms with E-state index in [9.17, 15) is 17.3 Å². The van der Waals surface area contributed by atoms with Gasteiger partial charge in [-0.15, -0.1) is 6.58 Å². The van der Waals surface area contributed by atoms with Crippen molar-refractivity contribution in [1.29, 1.82) is 0 Å². The number of benzene rings is 4. The summed E-state index contributed by atoms with van der Waals surface area (Å²) >= 11 is 0. The second-order valence-corrected chi connectivity index (χ2v) is 10.8. The quantitative estimate of drug-likeness (QED) is 0.0867. The van der Waals surface area contributed by atoms with Gasteiger partial charge in [0.1, 0.15) is 0 Å². The van der Waals surface area contributed by atoms with Crippen molar-refractivity contribution in [3.8, 4) is 0 Å². The van der Waals surface area contributed by atoms with Crippen LogP contribution in [0.4, 0.5) is 17.3 Å². The largest absolute Gasteiger partial charge is 0.673 e. The van der Waals surface area contributed by atoms with E-state index < -0.39 is 15.2 Å². The van der Waals surface area contributed by atoms with E-state index in [0.29, 0.717) is 0 Å². The molecule has 1 saturated carbocycles. The first-order valence-electron chi connectivity index (χ1n) is 13.0. The third-order valence-corrected chi connectivity index (χ3v) is 7.96. The van der Waals surface area contributed by atoms with E-state index in [2.05, 4.69) is 110 Å². The average molecular weight is 754 g/mol. The van der Waals surface area contributed by atoms with Crippen LogP contribution in [0, 0.1) is 4.91 Å². The molecular formula is C32H35BF4NOPRe-2. The summed E-state index contributed by atoms with van der Waals surface area (Å²) in [6.45, 7) is 3.66. The van der Waals surface area contributed by atoms with Crippen molar-refractivity contribution in [2.75, 3.05) is 0 Å². The van der Waals surface area contributed by atoms with Gasteiger partial charge in [0.2, 0.25) is 0 Å². The third-order valence-electron chi connectivity index (χ3n) is 5.52. The van der Waals surface area contributed by atoms with Crippen LogP contribution in [0.1, 0.15) is 37.7 Å². The topological polar surface area (TPSA) is 39.4 Å². The van der Waals surface area contributed by atoms with Gasteiger partial charge in [-0.3, -0.25) is 0 Å². The summed E-state index contributed by atoms with van der Waals surface area (Å²) in [5.41, 5.74) is 7.08. The molecule has 1 radical (unpaired) electrons. The molecule has 1 aliphatic carbocycles. The van der Waals surface area contributed by atoms with Crippen LogP contribution in [0.15, 0.2) is 134 Å². The zero-order valence-corrected chi connectivity index (χ0v) is 26.5. The summed E-state index contributed by atoms with van der Waals surface area (Å²) in [7, 11) is -6.45. The zero-order valence-electron chi connectivity index (χ0n) is 22.8. The number of halogens is 4. The van der Waals surface area contributed by atoms with Gasteiger partial charge >= 0.3 is 7.25 Å². The van der Waals surface area contributed by atoms with Crippen molar-refractivity contribution in [2.24, 2.45) is 0 Å². The predicted octanol–water partition coefficient (Wildman–Crippen LogP) is 9.43. The van der Waals surface area contributed by atoms with Crippen molar-refractivity contribution in [3.63, 3.8) is 0 Å². The van der Waals surface area contributed by atoms with Crippen molar-refractivity contribution in [1.82, 2.24) is 0 Å². The monoisotopic (exact) mass is 754 g/mol. The summed E-state index contributed by atoms with van der Waals surface area (Å²) in [6, 6.07) is 42.6. The minimum atomic E-state index is -6.00. The van der Waals surface area contributed by atoms with E-state index in [1.54, 1.807) is 0 Å². The van der Waals surface area contributed by atoms with Crippen LogP contribution < -0.4 is 15.9 Å². The van der Waals surface area contributed by atoms with Crippen molar-refractivity contribution in [3.05, 3.63) is 150 Å². The summed E-state index contributed by atoms with van der Waals surface area (Å²) in [5.74, 6) is 0. The van der Waals surface area contributed by atoms with Crippen molar-refractivity contribution < 1.29 is 37.7 Å². The van der Waals surface area contributed by atoms with E-state index in [4.69, 9.17) is 10.5 Å². The Kier molecular flexibility index (Phi) is 22.1. The number of hydrogen-bond acceptors (Lipinski definition) is 1. The standard InChI is InChI=1S/C18H15P.C9H10.C5H10.BF4.NO.Re/c1-4-10-16(11-5-1)19(17-12-6-2-7-13-17)18-14-8-3-9-15-18;1-2-6-9-7-4-3-5-8-9;1-2-4-5-3-1;2-1(3,4)5;1-2;/h1-15H;2-5,7-8H,1,6H2;1-5H2;;;/q;;;2*-1;. The molecule has 0 atom stereocenters. The summed E-state index contributed by atoms with van der Waals surface area (Å²) in [4.78, 5) is 7.25. The van der Waals surface area contributed by atoms with Gasteiger partial charge in [-0.2, -0.15) is 0 Å². The Morgan fingerprint density at radius 2 is 0.829 bits per heavy atom. The van der Waals surface area contributed by atoms with Crippen LogP contribution in [-0.2, 0) is 26.8 Å². The molecular weight excluding hydrogens is 718 g/mol. The SMILES string of the molecule is C1CCCC1.C=CCc1ccccc1.F[B-](F)(F)F.[N-]=O.[Re].c1ccc(P(c2ccccc2)c2ccccc2)cc1. The fourth-order valence-corrected chi connectivity index (χ4v) is 6.15. The van der Waals surface area contributed by atoms with E-state index in [1.165, 1.54) is 53.6 Å². The first kappa shape index (κ1) is 38.1. The van der Waals surface area contributed by atoms with Gasteiger partial charge in [0.05, 0.1) is 0 Å². The number of nitrogens with zero attached hydrogens (tertiary/aromatic N) is 1. The molecule has 5 rings (SSSR count). The maximum Gasteiger partial charge on any atom is 0.673 e. The summed E-state index contributed by atoms with van der Waals surface area (Å²) < 4.78 is 39.0. The molecule has 0 amide bonds. The molecule has 0 saturated heterocycles. The van der Waals surface area contributed by atoms with Crippen molar-refractivity contribution >= 4 is 31.1 Å². The maximum atomic E-state index is 9.75. The number of hydrogen-bond donors (Lipinski definition) is 0. The molecule has 9 heteroatoms. The minimum Gasteiger partial charge on any atom is -0.577 e. The summed E-state index contributed by atoms with van der Waals surface area (Å²) in [5, 5.41) is 4.19. The molecule has 0 spiro atoms. The van der Waals surface area contributed by atoms with Crippen LogP contribution in [0.25, 0.3) is 5.59 Å². The summed E-state index contributed by atoms with van der Waals surface area (Å²) in [6.07, 6.45) is 10.4. The molecule has 1 aliphatic rings. The normalized spacial score (nSPS) is 11.3. The molecule has 0 unspecified atom stereocenters. The predicted molar refractivity (Wildman–Crippen MR) is 165 cm³/mol. The molecule has 4 aromatic carbocycles. The van der Waals surface area contributed by atoms with Gasteiger partial charge < -0.3 is 27.8 Å². The van der Waals surface area contributed by atoms with E-state index in [1.807, 2.05) is 24.3 Å². The Morgan fingerprint density at radius 1 is 0.585 bits per heavy atom. The molecule has 4 aromatic rings. The Balaban J connectivity index is 0.000000605. The van der Waals surface area contributed by atoms with Gasteiger partial charge in [-0.1, -0.05) is 160 Å². The van der Waals surface area contributed by atoms with E-state index in [-0.39, 0.29) is 20.4 Å². The fraction of sp³-hybridized carbons (Fsp3) is 0.188. The maximum absolute atomic E-state index is 9.75. The molecule has 0 aromatic heterocycles. The second kappa shape index (κ2) is 23.8. The van der Waals surface area contributed by atoms with Crippen LogP contribution in [0.2, 0.25) is 0 Å². The van der Waals surface area contributed by atoms with Crippen LogP contribution in [-0.4, -0.2) is 7.25 Å². The number of rotatable bonds is 5. The van der Waals surface area contributed by atoms with Crippen molar-refractivity contribution in [2.45, 2.75) is 38.5 Å². The zero-order chi connectivity index (χ0) is 29.5. The minimum absolute atomic E-state index is 0. The molecule has 41 heavy (non-hydrogen) atoms.